The van der Waals surface area contributed by atoms with E-state index in [0.29, 0.717) is 69.2 Å². The predicted octanol–water partition coefficient (Wildman–Crippen LogP) is 7.76. The second-order valence-corrected chi connectivity index (χ2v) is 19.6. The number of carbonyl (C=O) groups is 2. The molecular weight excluding hydrogens is 894 g/mol. The van der Waals surface area contributed by atoms with Crippen LogP contribution in [-0.4, -0.2) is 110 Å². The number of aromatic nitrogens is 2. The number of ether oxygens (including phenoxy) is 2. The Balaban J connectivity index is 1.00. The van der Waals surface area contributed by atoms with E-state index < -0.39 is 49.3 Å². The van der Waals surface area contributed by atoms with Crippen LogP contribution in [0.4, 0.5) is 30.2 Å². The molecule has 1 aliphatic carbocycles. The van der Waals surface area contributed by atoms with Gasteiger partial charge < -0.3 is 29.6 Å². The highest BCUT2D eigenvalue weighted by Gasteiger charge is 2.34. The average Bonchev–Trinajstić information content (AvgIpc) is 3.77. The molecule has 3 N–H and O–H groups in total. The van der Waals surface area contributed by atoms with Crippen LogP contribution in [0, 0.1) is 22.5 Å². The van der Waals surface area contributed by atoms with Crippen molar-refractivity contribution in [3.63, 3.8) is 0 Å². The fourth-order valence-corrected chi connectivity index (χ4v) is 9.87. The number of alkyl halides is 3. The number of allylic oxidation sites excluding steroid dienone is 1. The molecule has 2 aliphatic heterocycles. The number of nitro groups is 1. The standard InChI is InChI=1S/C47H51F3N8O8S/c1-30-20-33(47(48,49)50)4-7-38(30)40-24-46(2,3)12-10-32(40)27-55-14-16-57(17-15-55)34-5-8-39(43(22-34)66-35-21-31-11-13-51-44(31)53-25-35)45(60)54-67(63,64)37-6-9-41(42(23-37)58(61)62)52-26-36-28-56(29-59)18-19-65-36/h4-9,11,13,20-23,25,29,36,52H,10,12,14-19,24,26-28H2,1-3H3,(H,51,53)(H,54,60). The minimum atomic E-state index is -4.66. The van der Waals surface area contributed by atoms with E-state index in [-0.39, 0.29) is 41.3 Å². The lowest BCUT2D eigenvalue weighted by Crippen LogP contribution is -2.47. The first-order valence-electron chi connectivity index (χ1n) is 21.9. The monoisotopic (exact) mass is 944 g/mol. The van der Waals surface area contributed by atoms with Crippen LogP contribution < -0.4 is 19.7 Å². The van der Waals surface area contributed by atoms with Crippen molar-refractivity contribution in [1.82, 2.24) is 24.5 Å². The lowest BCUT2D eigenvalue weighted by molar-refractivity contribution is -0.384. The van der Waals surface area contributed by atoms with E-state index in [1.54, 1.807) is 43.5 Å². The summed E-state index contributed by atoms with van der Waals surface area (Å²) in [5, 5.41) is 15.8. The molecule has 20 heteroatoms. The summed E-state index contributed by atoms with van der Waals surface area (Å²) in [6.07, 6.45) is 1.58. The molecule has 1 atom stereocenters. The quantitative estimate of drug-likeness (QED) is 0.0558. The summed E-state index contributed by atoms with van der Waals surface area (Å²) >= 11 is 0. The highest BCUT2D eigenvalue weighted by Crippen LogP contribution is 2.45. The summed E-state index contributed by atoms with van der Waals surface area (Å²) in [5.74, 6) is -0.714. The van der Waals surface area contributed by atoms with Gasteiger partial charge >= 0.3 is 6.18 Å². The van der Waals surface area contributed by atoms with E-state index in [9.17, 15) is 41.3 Å². The van der Waals surface area contributed by atoms with E-state index >= 15 is 0 Å². The first-order valence-corrected chi connectivity index (χ1v) is 23.4. The number of hydrogen-bond acceptors (Lipinski definition) is 12. The van der Waals surface area contributed by atoms with Gasteiger partial charge in [-0.25, -0.2) is 18.1 Å². The van der Waals surface area contributed by atoms with Crippen molar-refractivity contribution < 1.29 is 45.6 Å². The smallest absolute Gasteiger partial charge is 0.416 e. The number of rotatable bonds is 14. The highest BCUT2D eigenvalue weighted by atomic mass is 32.2. The number of morpholine rings is 1. The van der Waals surface area contributed by atoms with Crippen LogP contribution in [0.1, 0.15) is 60.2 Å². The number of amides is 2. The van der Waals surface area contributed by atoms with Gasteiger partial charge in [0.1, 0.15) is 22.8 Å². The number of piperazine rings is 1. The third-order valence-corrected chi connectivity index (χ3v) is 13.9. The molecule has 67 heavy (non-hydrogen) atoms. The largest absolute Gasteiger partial charge is 0.455 e. The number of nitro benzene ring substituents is 1. The van der Waals surface area contributed by atoms with E-state index in [1.165, 1.54) is 40.9 Å². The van der Waals surface area contributed by atoms with Gasteiger partial charge in [0.2, 0.25) is 6.41 Å². The van der Waals surface area contributed by atoms with Gasteiger partial charge in [0.05, 0.1) is 39.9 Å². The molecule has 0 spiro atoms. The lowest BCUT2D eigenvalue weighted by atomic mass is 9.72. The number of benzene rings is 3. The van der Waals surface area contributed by atoms with Crippen molar-refractivity contribution in [3.8, 4) is 11.5 Å². The average molecular weight is 945 g/mol. The number of H-pyrrole nitrogens is 1. The topological polar surface area (TPSA) is 192 Å². The van der Waals surface area contributed by atoms with Crippen molar-refractivity contribution in [2.75, 3.05) is 69.2 Å². The molecule has 2 aromatic heterocycles. The summed E-state index contributed by atoms with van der Waals surface area (Å²) in [4.78, 5) is 49.4. The molecule has 5 aromatic rings. The molecule has 2 amide bonds. The van der Waals surface area contributed by atoms with Crippen molar-refractivity contribution in [1.29, 1.82) is 0 Å². The van der Waals surface area contributed by atoms with E-state index in [4.69, 9.17) is 9.47 Å². The number of aryl methyl sites for hydroxylation is 1. The Bertz CT molecular complexity index is 2840. The molecule has 354 valence electrons. The second-order valence-electron chi connectivity index (χ2n) is 17.9. The second kappa shape index (κ2) is 19.0. The van der Waals surface area contributed by atoms with Gasteiger partial charge in [-0.3, -0.25) is 24.6 Å². The Labute approximate surface area is 385 Å². The maximum absolute atomic E-state index is 13.9. The van der Waals surface area contributed by atoms with Crippen molar-refractivity contribution in [3.05, 3.63) is 117 Å². The van der Waals surface area contributed by atoms with Gasteiger partial charge in [-0.1, -0.05) is 25.5 Å². The molecule has 2 fully saturated rings. The number of sulfonamides is 1. The molecular formula is C47H51F3N8O8S. The SMILES string of the molecule is Cc1cc(C(F)(F)F)ccc1C1=C(CN2CCN(c3ccc(C(=O)NS(=O)(=O)c4ccc(NCC5CN(C=O)CCO5)c([N+](=O)[O-])c4)c(Oc4cnc5[nH]ccc5c4)c3)CC2)CCC(C)(C)C1. The molecule has 3 aliphatic rings. The number of hydrogen-bond donors (Lipinski definition) is 3. The van der Waals surface area contributed by atoms with Crippen molar-refractivity contribution >= 4 is 56.0 Å². The summed E-state index contributed by atoms with van der Waals surface area (Å²) in [6, 6.07) is 15.6. The third kappa shape index (κ3) is 10.9. The van der Waals surface area contributed by atoms with Gasteiger partial charge in [-0.05, 0) is 96.8 Å². The predicted molar refractivity (Wildman–Crippen MR) is 246 cm³/mol. The normalized spacial score (nSPS) is 18.2. The van der Waals surface area contributed by atoms with Crippen LogP contribution in [0.2, 0.25) is 0 Å². The molecule has 1 unspecified atom stereocenters. The first-order chi connectivity index (χ1) is 31.9. The number of aromatic amines is 1. The zero-order chi connectivity index (χ0) is 47.7. The minimum absolute atomic E-state index is 0.00131. The molecule has 0 saturated carbocycles. The van der Waals surface area contributed by atoms with Gasteiger partial charge in [-0.15, -0.1) is 0 Å². The van der Waals surface area contributed by atoms with Gasteiger partial charge in [-0.2, -0.15) is 13.2 Å². The van der Waals surface area contributed by atoms with Gasteiger partial charge in [0.25, 0.3) is 21.6 Å². The number of nitrogens with zero attached hydrogens (tertiary/aromatic N) is 5. The summed E-state index contributed by atoms with van der Waals surface area (Å²) in [6.45, 7) is 10.4. The van der Waals surface area contributed by atoms with E-state index in [2.05, 4.69) is 43.7 Å². The molecule has 16 nitrogen and oxygen atoms in total. The third-order valence-electron chi connectivity index (χ3n) is 12.6. The van der Waals surface area contributed by atoms with E-state index in [0.717, 1.165) is 47.9 Å². The molecule has 0 radical (unpaired) electrons. The molecule has 4 heterocycles. The fraction of sp³-hybridized carbons (Fsp3) is 0.383. The molecule has 3 aromatic carbocycles. The Hall–Kier alpha value is -6.51. The highest BCUT2D eigenvalue weighted by molar-refractivity contribution is 7.90. The zero-order valence-electron chi connectivity index (χ0n) is 37.2. The number of nitrogens with one attached hydrogen (secondary N) is 3. The Kier molecular flexibility index (Phi) is 13.3. The van der Waals surface area contributed by atoms with Crippen LogP contribution in [0.25, 0.3) is 16.6 Å². The van der Waals surface area contributed by atoms with E-state index in [1.807, 2.05) is 0 Å². The van der Waals surface area contributed by atoms with Crippen LogP contribution in [-0.2, 0) is 25.7 Å². The maximum atomic E-state index is 13.9. The molecule has 0 bridgehead atoms. The number of fused-ring (bicyclic) bond motifs is 1. The number of anilines is 2. The maximum Gasteiger partial charge on any atom is 0.416 e. The minimum Gasteiger partial charge on any atom is -0.455 e. The van der Waals surface area contributed by atoms with Crippen LogP contribution in [0.15, 0.2) is 89.6 Å². The summed E-state index contributed by atoms with van der Waals surface area (Å²) in [5.41, 5.74) is 3.80. The first kappa shape index (κ1) is 47.0. The summed E-state index contributed by atoms with van der Waals surface area (Å²) in [7, 11) is -4.66. The van der Waals surface area contributed by atoms with Gasteiger partial charge in [0.15, 0.2) is 0 Å². The molecule has 2 saturated heterocycles. The van der Waals surface area contributed by atoms with Crippen LogP contribution in [0.3, 0.4) is 0 Å². The Morgan fingerprint density at radius 1 is 1.06 bits per heavy atom. The van der Waals surface area contributed by atoms with Gasteiger partial charge in [0, 0.05) is 81.8 Å². The molecule has 8 rings (SSSR count). The number of halogens is 3. The Morgan fingerprint density at radius 2 is 1.85 bits per heavy atom. The summed E-state index contributed by atoms with van der Waals surface area (Å²) < 4.78 is 82.0. The number of pyridine rings is 1. The van der Waals surface area contributed by atoms with Crippen molar-refractivity contribution in [2.24, 2.45) is 5.41 Å². The van der Waals surface area contributed by atoms with Crippen molar-refractivity contribution in [2.45, 2.75) is 57.2 Å². The lowest BCUT2D eigenvalue weighted by Gasteiger charge is -2.39. The zero-order valence-corrected chi connectivity index (χ0v) is 38.0. The van der Waals surface area contributed by atoms with Crippen LogP contribution >= 0.6 is 0 Å². The number of carbonyl (C=O) groups excluding carboxylic acids is 2. The fourth-order valence-electron chi connectivity index (χ4n) is 8.89. The Morgan fingerprint density at radius 3 is 2.58 bits per heavy atom. The van der Waals surface area contributed by atoms with Crippen LogP contribution in [0.5, 0.6) is 11.5 Å².